The number of nitro groups is 1. The van der Waals surface area contributed by atoms with Gasteiger partial charge in [-0.2, -0.15) is 0 Å². The highest BCUT2D eigenvalue weighted by Gasteiger charge is 2.19. The summed E-state index contributed by atoms with van der Waals surface area (Å²) in [4.78, 5) is 29.4. The van der Waals surface area contributed by atoms with Gasteiger partial charge in [-0.1, -0.05) is 13.8 Å². The Morgan fingerprint density at radius 3 is 2.60 bits per heavy atom. The van der Waals surface area contributed by atoms with Gasteiger partial charge in [0.15, 0.2) is 5.43 Å². The molecule has 0 spiro atoms. The molecule has 0 unspecified atom stereocenters. The van der Waals surface area contributed by atoms with Crippen molar-refractivity contribution >= 4 is 33.2 Å². The van der Waals surface area contributed by atoms with Gasteiger partial charge < -0.3 is 25.6 Å². The van der Waals surface area contributed by atoms with Crippen molar-refractivity contribution in [2.75, 3.05) is 44.6 Å². The normalized spacial score (nSPS) is 11.4. The molecule has 0 aliphatic rings. The SMILES string of the molecule is CCN(CC)CCNCCNc1ccc([N+](=O)[O-])c2[nH]c3ccc(O)cc3c(=O)c12. The predicted octanol–water partition coefficient (Wildman–Crippen LogP) is 2.64. The molecular formula is C21H27N5O4. The van der Waals surface area contributed by atoms with Crippen LogP contribution in [0.1, 0.15) is 13.8 Å². The molecule has 0 amide bonds. The molecule has 30 heavy (non-hydrogen) atoms. The summed E-state index contributed by atoms with van der Waals surface area (Å²) in [5.74, 6) is -0.0373. The molecule has 2 aromatic carbocycles. The lowest BCUT2D eigenvalue weighted by atomic mass is 10.1. The number of non-ortho nitro benzene ring substituents is 1. The average molecular weight is 413 g/mol. The molecule has 0 fully saturated rings. The Kier molecular flexibility index (Phi) is 6.86. The molecule has 0 aliphatic carbocycles. The third-order valence-corrected chi connectivity index (χ3v) is 5.23. The number of aromatic amines is 1. The number of phenolic OH excluding ortho intramolecular Hbond substituents is 1. The second-order valence-electron chi connectivity index (χ2n) is 7.03. The van der Waals surface area contributed by atoms with Gasteiger partial charge in [0, 0.05) is 43.3 Å². The number of hydrogen-bond acceptors (Lipinski definition) is 7. The lowest BCUT2D eigenvalue weighted by Crippen LogP contribution is -2.33. The Morgan fingerprint density at radius 1 is 1.13 bits per heavy atom. The van der Waals surface area contributed by atoms with Crippen molar-refractivity contribution in [3.8, 4) is 5.75 Å². The molecule has 160 valence electrons. The van der Waals surface area contributed by atoms with E-state index in [0.29, 0.717) is 24.3 Å². The number of benzene rings is 2. The lowest BCUT2D eigenvalue weighted by molar-refractivity contribution is -0.383. The maximum absolute atomic E-state index is 13.1. The Bertz CT molecular complexity index is 1110. The van der Waals surface area contributed by atoms with Gasteiger partial charge in [0.05, 0.1) is 15.8 Å². The second kappa shape index (κ2) is 9.55. The zero-order valence-electron chi connectivity index (χ0n) is 17.2. The second-order valence-corrected chi connectivity index (χ2v) is 7.03. The summed E-state index contributed by atoms with van der Waals surface area (Å²) in [7, 11) is 0. The van der Waals surface area contributed by atoms with Gasteiger partial charge in [-0.25, -0.2) is 0 Å². The number of nitrogens with zero attached hydrogens (tertiary/aromatic N) is 2. The van der Waals surface area contributed by atoms with E-state index in [1.165, 1.54) is 24.3 Å². The van der Waals surface area contributed by atoms with Crippen molar-refractivity contribution in [1.29, 1.82) is 0 Å². The smallest absolute Gasteiger partial charge is 0.293 e. The van der Waals surface area contributed by atoms with Crippen LogP contribution in [-0.4, -0.2) is 59.2 Å². The summed E-state index contributed by atoms with van der Waals surface area (Å²) in [6.45, 7) is 9.35. The Morgan fingerprint density at radius 2 is 1.90 bits per heavy atom. The summed E-state index contributed by atoms with van der Waals surface area (Å²) in [6.07, 6.45) is 0. The molecule has 1 heterocycles. The number of nitro benzene ring substituents is 1. The molecule has 4 N–H and O–H groups in total. The number of likely N-dealkylation sites (N-methyl/N-ethyl adjacent to an activating group) is 1. The molecule has 9 heteroatoms. The third kappa shape index (κ3) is 4.52. The summed E-state index contributed by atoms with van der Waals surface area (Å²) in [6, 6.07) is 7.28. The maximum atomic E-state index is 13.1. The number of anilines is 1. The average Bonchev–Trinajstić information content (AvgIpc) is 2.73. The first-order chi connectivity index (χ1) is 14.5. The van der Waals surface area contributed by atoms with Gasteiger partial charge in [0.1, 0.15) is 11.3 Å². The van der Waals surface area contributed by atoms with Crippen LogP contribution in [0, 0.1) is 10.1 Å². The highest BCUT2D eigenvalue weighted by atomic mass is 16.6. The van der Waals surface area contributed by atoms with Crippen LogP contribution in [0.5, 0.6) is 5.75 Å². The van der Waals surface area contributed by atoms with Crippen LogP contribution >= 0.6 is 0 Å². The summed E-state index contributed by atoms with van der Waals surface area (Å²) >= 11 is 0. The fraction of sp³-hybridized carbons (Fsp3) is 0.381. The van der Waals surface area contributed by atoms with Gasteiger partial charge in [-0.3, -0.25) is 14.9 Å². The Labute approximate surface area is 173 Å². The lowest BCUT2D eigenvalue weighted by Gasteiger charge is -2.18. The van der Waals surface area contributed by atoms with Crippen molar-refractivity contribution in [3.05, 3.63) is 50.7 Å². The highest BCUT2D eigenvalue weighted by molar-refractivity contribution is 6.03. The number of phenols is 1. The molecule has 0 bridgehead atoms. The Hall–Kier alpha value is -3.17. The van der Waals surface area contributed by atoms with Gasteiger partial charge >= 0.3 is 0 Å². The number of hydrogen-bond donors (Lipinski definition) is 4. The molecule has 3 aromatic rings. The van der Waals surface area contributed by atoms with Gasteiger partial charge in [0.25, 0.3) is 5.69 Å². The van der Waals surface area contributed by atoms with E-state index in [-0.39, 0.29) is 33.2 Å². The van der Waals surface area contributed by atoms with E-state index in [1.54, 1.807) is 6.07 Å². The fourth-order valence-corrected chi connectivity index (χ4v) is 3.54. The number of aromatic nitrogens is 1. The van der Waals surface area contributed by atoms with E-state index < -0.39 is 4.92 Å². The van der Waals surface area contributed by atoms with Crippen LogP contribution in [0.25, 0.3) is 21.8 Å². The minimum absolute atomic E-state index is 0.0373. The molecule has 9 nitrogen and oxygen atoms in total. The molecule has 0 aliphatic heterocycles. The van der Waals surface area contributed by atoms with Crippen LogP contribution in [0.3, 0.4) is 0 Å². The summed E-state index contributed by atoms with van der Waals surface area (Å²) in [5, 5.41) is 28.3. The molecule has 0 saturated heterocycles. The number of nitrogens with one attached hydrogen (secondary N) is 3. The van der Waals surface area contributed by atoms with Crippen molar-refractivity contribution in [2.24, 2.45) is 0 Å². The van der Waals surface area contributed by atoms with E-state index >= 15 is 0 Å². The number of pyridine rings is 1. The first-order valence-electron chi connectivity index (χ1n) is 10.1. The Balaban J connectivity index is 1.85. The zero-order chi connectivity index (χ0) is 21.7. The molecule has 3 rings (SSSR count). The highest BCUT2D eigenvalue weighted by Crippen LogP contribution is 2.30. The van der Waals surface area contributed by atoms with Crippen molar-refractivity contribution < 1.29 is 10.0 Å². The van der Waals surface area contributed by atoms with E-state index in [1.807, 2.05) is 0 Å². The molecule has 0 saturated carbocycles. The number of aromatic hydroxyl groups is 1. The number of H-pyrrole nitrogens is 1. The van der Waals surface area contributed by atoms with Crippen LogP contribution in [-0.2, 0) is 0 Å². The molecule has 1 aromatic heterocycles. The van der Waals surface area contributed by atoms with Crippen LogP contribution < -0.4 is 16.1 Å². The maximum Gasteiger partial charge on any atom is 0.293 e. The van der Waals surface area contributed by atoms with E-state index in [0.717, 1.165) is 26.2 Å². The minimum atomic E-state index is -0.511. The van der Waals surface area contributed by atoms with Crippen molar-refractivity contribution in [2.45, 2.75) is 13.8 Å². The molecule has 0 radical (unpaired) electrons. The van der Waals surface area contributed by atoms with E-state index in [4.69, 9.17) is 0 Å². The van der Waals surface area contributed by atoms with E-state index in [2.05, 4.69) is 34.4 Å². The predicted molar refractivity (Wildman–Crippen MR) is 120 cm³/mol. The largest absolute Gasteiger partial charge is 0.508 e. The van der Waals surface area contributed by atoms with Crippen LogP contribution in [0.15, 0.2) is 35.1 Å². The standard InChI is InChI=1S/C21H27N5O4/c1-3-25(4-2)12-11-22-9-10-23-17-7-8-18(26(29)30)20-19(17)21(28)15-13-14(27)5-6-16(15)24-20/h5-8,13,22-23,27H,3-4,9-12H2,1-2H3,(H,24,28). The first-order valence-corrected chi connectivity index (χ1v) is 10.1. The quantitative estimate of drug-likeness (QED) is 0.174. The van der Waals surface area contributed by atoms with Crippen LogP contribution in [0.2, 0.25) is 0 Å². The molecular weight excluding hydrogens is 386 g/mol. The zero-order valence-corrected chi connectivity index (χ0v) is 17.2. The number of fused-ring (bicyclic) bond motifs is 2. The summed E-state index contributed by atoms with van der Waals surface area (Å²) < 4.78 is 0. The van der Waals surface area contributed by atoms with Crippen molar-refractivity contribution in [1.82, 2.24) is 15.2 Å². The summed E-state index contributed by atoms with van der Waals surface area (Å²) in [5.41, 5.74) is 0.592. The van der Waals surface area contributed by atoms with Crippen molar-refractivity contribution in [3.63, 3.8) is 0 Å². The molecule has 0 atom stereocenters. The van der Waals surface area contributed by atoms with E-state index in [9.17, 15) is 20.0 Å². The third-order valence-electron chi connectivity index (χ3n) is 5.23. The monoisotopic (exact) mass is 413 g/mol. The number of rotatable bonds is 10. The fourth-order valence-electron chi connectivity index (χ4n) is 3.54. The topological polar surface area (TPSA) is 124 Å². The van der Waals surface area contributed by atoms with Gasteiger partial charge in [-0.15, -0.1) is 0 Å². The van der Waals surface area contributed by atoms with Gasteiger partial charge in [-0.05, 0) is 37.4 Å². The first kappa shape index (κ1) is 21.5. The minimum Gasteiger partial charge on any atom is -0.508 e. The van der Waals surface area contributed by atoms with Gasteiger partial charge in [0.2, 0.25) is 0 Å². The van der Waals surface area contributed by atoms with Crippen LogP contribution in [0.4, 0.5) is 11.4 Å².